The molecule has 0 heterocycles. The number of hydrogen-bond acceptors (Lipinski definition) is 3. The number of rotatable bonds is 4. The van der Waals surface area contributed by atoms with E-state index in [1.165, 1.54) is 12.8 Å². The molecule has 0 fully saturated rings. The van der Waals surface area contributed by atoms with Crippen LogP contribution in [0.4, 0.5) is 0 Å². The Labute approximate surface area is 89.0 Å². The molecule has 0 saturated carbocycles. The van der Waals surface area contributed by atoms with E-state index in [2.05, 4.69) is 6.92 Å². The second-order valence-corrected chi connectivity index (χ2v) is 7.27. The Morgan fingerprint density at radius 2 is 1.47 bits per heavy atom. The zero-order chi connectivity index (χ0) is 12.7. The minimum absolute atomic E-state index is 0.807. The van der Waals surface area contributed by atoms with Crippen LogP contribution in [-0.4, -0.2) is 31.5 Å². The minimum atomic E-state index is -4.64. The van der Waals surface area contributed by atoms with Gasteiger partial charge in [0, 0.05) is 0 Å². The van der Waals surface area contributed by atoms with Gasteiger partial charge in [-0.15, -0.1) is 0 Å². The monoisotopic (exact) mass is 263 g/mol. The summed E-state index contributed by atoms with van der Waals surface area (Å²) in [4.78, 5) is 33.0. The van der Waals surface area contributed by atoms with Crippen LogP contribution in [0.2, 0.25) is 0 Å². The van der Waals surface area contributed by atoms with Crippen molar-refractivity contribution in [2.45, 2.75) is 32.1 Å². The van der Waals surface area contributed by atoms with Gasteiger partial charge in [0.05, 0.1) is 0 Å². The fraction of sp³-hybridized carbons (Fsp3) is 1.00. The van der Waals surface area contributed by atoms with Crippen molar-refractivity contribution in [2.24, 2.45) is 5.73 Å². The molecule has 0 amide bonds. The lowest BCUT2D eigenvalue weighted by Gasteiger charge is -2.13. The first-order chi connectivity index (χ1) is 6.57. The normalized spacial score (nSPS) is 12.3. The standard InChI is InChI=1S/C4H11N.C2H8O6P2/c1-2-3-4-5;1-2(9(3,4)5)10(6,7)8/h2-5H2,1H3;2H,1H3,(H2,3,4,5)(H2,6,7,8). The van der Waals surface area contributed by atoms with E-state index in [0.29, 0.717) is 0 Å². The van der Waals surface area contributed by atoms with Gasteiger partial charge in [-0.25, -0.2) is 0 Å². The highest BCUT2D eigenvalue weighted by Crippen LogP contribution is 2.59. The summed E-state index contributed by atoms with van der Waals surface area (Å²) >= 11 is 0. The number of unbranched alkanes of at least 4 members (excludes halogenated alkanes) is 1. The van der Waals surface area contributed by atoms with Crippen LogP contribution in [0.1, 0.15) is 26.7 Å². The van der Waals surface area contributed by atoms with Gasteiger partial charge in [-0.2, -0.15) is 0 Å². The molecule has 6 N–H and O–H groups in total. The molecule has 0 aromatic rings. The van der Waals surface area contributed by atoms with Gasteiger partial charge in [0.15, 0.2) is 5.40 Å². The summed E-state index contributed by atoms with van der Waals surface area (Å²) in [7, 11) is -9.28. The molecule has 0 bridgehead atoms. The first kappa shape index (κ1) is 17.6. The number of hydrogen-bond donors (Lipinski definition) is 5. The molecule has 0 unspecified atom stereocenters. The third-order valence-electron chi connectivity index (χ3n) is 1.53. The van der Waals surface area contributed by atoms with E-state index >= 15 is 0 Å². The van der Waals surface area contributed by atoms with Crippen molar-refractivity contribution in [3.8, 4) is 0 Å². The molecule has 0 saturated heterocycles. The maximum Gasteiger partial charge on any atom is 0.340 e. The van der Waals surface area contributed by atoms with Crippen LogP contribution >= 0.6 is 15.2 Å². The highest BCUT2D eigenvalue weighted by atomic mass is 31.2. The Bertz CT molecular complexity index is 222. The van der Waals surface area contributed by atoms with Crippen LogP contribution in [0.25, 0.3) is 0 Å². The molecule has 0 atom stereocenters. The molecular formula is C6H19NO6P2. The van der Waals surface area contributed by atoms with Crippen LogP contribution in [0, 0.1) is 0 Å². The van der Waals surface area contributed by atoms with Crippen LogP contribution in [0.3, 0.4) is 0 Å². The lowest BCUT2D eigenvalue weighted by molar-refractivity contribution is 0.342. The molecule has 0 radical (unpaired) electrons. The van der Waals surface area contributed by atoms with Crippen molar-refractivity contribution in [1.29, 1.82) is 0 Å². The summed E-state index contributed by atoms with van der Waals surface area (Å²) in [5, 5.41) is -1.90. The van der Waals surface area contributed by atoms with Gasteiger partial charge < -0.3 is 25.3 Å². The molecule has 94 valence electrons. The fourth-order valence-corrected chi connectivity index (χ4v) is 1.97. The zero-order valence-electron chi connectivity index (χ0n) is 8.78. The Morgan fingerprint density at radius 3 is 1.47 bits per heavy atom. The van der Waals surface area contributed by atoms with Crippen LogP contribution in [0.15, 0.2) is 0 Å². The van der Waals surface area contributed by atoms with Crippen molar-refractivity contribution in [3.63, 3.8) is 0 Å². The van der Waals surface area contributed by atoms with Gasteiger partial charge >= 0.3 is 15.2 Å². The summed E-state index contributed by atoms with van der Waals surface area (Å²) in [5.74, 6) is 0. The molecule has 0 aromatic carbocycles. The summed E-state index contributed by atoms with van der Waals surface area (Å²) in [6.07, 6.45) is 2.39. The van der Waals surface area contributed by atoms with Crippen molar-refractivity contribution in [1.82, 2.24) is 0 Å². The quantitative estimate of drug-likeness (QED) is 0.463. The molecule has 0 aliphatic heterocycles. The molecule has 0 aliphatic carbocycles. The lowest BCUT2D eigenvalue weighted by atomic mass is 10.3. The van der Waals surface area contributed by atoms with Crippen LogP contribution < -0.4 is 5.73 Å². The van der Waals surface area contributed by atoms with E-state index in [-0.39, 0.29) is 0 Å². The second-order valence-electron chi connectivity index (χ2n) is 2.95. The average molecular weight is 263 g/mol. The first-order valence-corrected chi connectivity index (χ1v) is 7.74. The highest BCUT2D eigenvalue weighted by molar-refractivity contribution is 7.70. The topological polar surface area (TPSA) is 141 Å². The third kappa shape index (κ3) is 10.5. The molecule has 9 heteroatoms. The van der Waals surface area contributed by atoms with Crippen LogP contribution in [0.5, 0.6) is 0 Å². The Kier molecular flexibility index (Phi) is 8.85. The smallest absolute Gasteiger partial charge is 0.330 e. The maximum atomic E-state index is 10.2. The molecular weight excluding hydrogens is 244 g/mol. The molecule has 0 rings (SSSR count). The van der Waals surface area contributed by atoms with Gasteiger partial charge in [-0.3, -0.25) is 9.13 Å². The third-order valence-corrected chi connectivity index (χ3v) is 5.28. The highest BCUT2D eigenvalue weighted by Gasteiger charge is 2.38. The van der Waals surface area contributed by atoms with Gasteiger partial charge in [0.25, 0.3) is 0 Å². The molecule has 0 spiro atoms. The van der Waals surface area contributed by atoms with Gasteiger partial charge in [0.2, 0.25) is 0 Å². The van der Waals surface area contributed by atoms with Crippen LogP contribution in [-0.2, 0) is 9.13 Å². The first-order valence-electron chi connectivity index (χ1n) is 4.37. The molecule has 0 aromatic heterocycles. The van der Waals surface area contributed by atoms with E-state index in [9.17, 15) is 9.13 Å². The largest absolute Gasteiger partial charge is 0.340 e. The lowest BCUT2D eigenvalue weighted by Crippen LogP contribution is -2.02. The van der Waals surface area contributed by atoms with E-state index in [4.69, 9.17) is 25.3 Å². The van der Waals surface area contributed by atoms with Crippen molar-refractivity contribution < 1.29 is 28.7 Å². The van der Waals surface area contributed by atoms with E-state index in [0.717, 1.165) is 13.5 Å². The van der Waals surface area contributed by atoms with Crippen molar-refractivity contribution >= 4 is 15.2 Å². The van der Waals surface area contributed by atoms with Gasteiger partial charge in [0.1, 0.15) is 0 Å². The summed E-state index contributed by atoms with van der Waals surface area (Å²) in [5.41, 5.74) is 5.14. The molecule has 15 heavy (non-hydrogen) atoms. The molecule has 0 aliphatic rings. The summed E-state index contributed by atoms with van der Waals surface area (Å²) < 4.78 is 20.4. The average Bonchev–Trinajstić information content (AvgIpc) is 2.02. The van der Waals surface area contributed by atoms with E-state index in [1.54, 1.807) is 0 Å². The summed E-state index contributed by atoms with van der Waals surface area (Å²) in [6.45, 7) is 3.78. The summed E-state index contributed by atoms with van der Waals surface area (Å²) in [6, 6.07) is 0. The predicted octanol–water partition coefficient (Wildman–Crippen LogP) is 0.433. The van der Waals surface area contributed by atoms with Gasteiger partial charge in [-0.1, -0.05) is 13.3 Å². The molecule has 7 nitrogen and oxygen atoms in total. The second kappa shape index (κ2) is 7.52. The van der Waals surface area contributed by atoms with E-state index < -0.39 is 20.6 Å². The fourth-order valence-electron chi connectivity index (χ4n) is 0.400. The Hall–Kier alpha value is 0.260. The number of nitrogens with two attached hydrogens (primary N) is 1. The Balaban J connectivity index is 0. The van der Waals surface area contributed by atoms with Crippen molar-refractivity contribution in [3.05, 3.63) is 0 Å². The van der Waals surface area contributed by atoms with Crippen molar-refractivity contribution in [2.75, 3.05) is 6.54 Å². The maximum absolute atomic E-state index is 10.2. The predicted molar refractivity (Wildman–Crippen MR) is 57.5 cm³/mol. The Morgan fingerprint density at radius 1 is 1.13 bits per heavy atom. The van der Waals surface area contributed by atoms with Gasteiger partial charge in [-0.05, 0) is 19.9 Å². The SMILES string of the molecule is CC(P(=O)(O)O)P(=O)(O)O.CCCCN. The zero-order valence-corrected chi connectivity index (χ0v) is 10.6. The van der Waals surface area contributed by atoms with E-state index in [1.807, 2.05) is 0 Å². The minimum Gasteiger partial charge on any atom is -0.330 e.